The highest BCUT2D eigenvalue weighted by Crippen LogP contribution is 2.37. The fraction of sp³-hybridized carbons (Fsp3) is 0.111. The molecule has 0 aliphatic carbocycles. The fourth-order valence-electron chi connectivity index (χ4n) is 3.09. The first-order valence-corrected chi connectivity index (χ1v) is 8.61. The van der Waals surface area contributed by atoms with Crippen LogP contribution in [0.4, 0.5) is 24.5 Å². The van der Waals surface area contributed by atoms with Gasteiger partial charge in [0.15, 0.2) is 5.69 Å². The van der Waals surface area contributed by atoms with Crippen LogP contribution in [0.3, 0.4) is 0 Å². The predicted octanol–water partition coefficient (Wildman–Crippen LogP) is 4.46. The highest BCUT2D eigenvalue weighted by atomic mass is 19.4. The molecule has 4 rings (SSSR count). The van der Waals surface area contributed by atoms with Crippen molar-refractivity contribution in [1.82, 2.24) is 14.5 Å². The number of carbonyl (C=O) groups excluding carboxylic acids is 1. The summed E-state index contributed by atoms with van der Waals surface area (Å²) < 4.78 is 40.7. The van der Waals surface area contributed by atoms with Gasteiger partial charge in [0.25, 0.3) is 11.6 Å². The Bertz CT molecular complexity index is 1370. The number of carbonyl (C=O) groups is 1. The number of aromatic nitrogens is 3. The second-order valence-electron chi connectivity index (χ2n) is 6.41. The number of nitro benzene ring substituents is 1. The molecule has 2 aromatic heterocycles. The number of rotatable bonds is 4. The van der Waals surface area contributed by atoms with Gasteiger partial charge in [-0.05, 0) is 18.2 Å². The Morgan fingerprint density at radius 3 is 2.71 bits per heavy atom. The fourth-order valence-corrected chi connectivity index (χ4v) is 3.09. The van der Waals surface area contributed by atoms with E-state index in [9.17, 15) is 33.2 Å². The molecule has 2 N–H and O–H groups in total. The zero-order valence-corrected chi connectivity index (χ0v) is 15.3. The minimum atomic E-state index is -4.80. The molecule has 0 bridgehead atoms. The van der Waals surface area contributed by atoms with Crippen LogP contribution in [0.25, 0.3) is 21.9 Å². The first kappa shape index (κ1) is 20.0. The third-order valence-electron chi connectivity index (χ3n) is 4.41. The lowest BCUT2D eigenvalue weighted by atomic mass is 10.2. The number of aromatic hydroxyl groups is 1. The summed E-state index contributed by atoms with van der Waals surface area (Å²) in [4.78, 5) is 28.6. The summed E-state index contributed by atoms with van der Waals surface area (Å²) in [6.45, 7) is -0.803. The quantitative estimate of drug-likeness (QED) is 0.278. The van der Waals surface area contributed by atoms with E-state index in [0.717, 1.165) is 6.07 Å². The van der Waals surface area contributed by atoms with E-state index in [2.05, 4.69) is 20.2 Å². The number of amides is 1. The molecule has 0 fully saturated rings. The number of nitrogens with zero attached hydrogens (tertiary/aromatic N) is 5. The van der Waals surface area contributed by atoms with Crippen molar-refractivity contribution in [2.24, 2.45) is 10.2 Å². The van der Waals surface area contributed by atoms with Gasteiger partial charge in [-0.25, -0.2) is 4.98 Å². The largest absolute Gasteiger partial charge is 0.493 e. The minimum absolute atomic E-state index is 0.0566. The molecule has 158 valence electrons. The monoisotopic (exact) mass is 432 g/mol. The molecule has 0 saturated carbocycles. The topological polar surface area (TPSA) is 139 Å². The van der Waals surface area contributed by atoms with Crippen molar-refractivity contribution in [3.63, 3.8) is 0 Å². The molecular formula is C18H11F3N6O4. The third-order valence-corrected chi connectivity index (χ3v) is 4.41. The highest BCUT2D eigenvalue weighted by molar-refractivity contribution is 5.95. The summed E-state index contributed by atoms with van der Waals surface area (Å²) in [6.07, 6.45) is -4.80. The van der Waals surface area contributed by atoms with Gasteiger partial charge in [0.05, 0.1) is 21.5 Å². The summed E-state index contributed by atoms with van der Waals surface area (Å²) in [6, 6.07) is 9.43. The normalized spacial score (nSPS) is 12.2. The number of non-ortho nitro benzene ring substituents is 1. The summed E-state index contributed by atoms with van der Waals surface area (Å²) >= 11 is 0. The SMILES string of the molecule is O=C(Cn1c(C(F)(F)F)nc2ccccc21)N=Nc1c(O)[nH]c2ccc([N+](=O)[O-])cc12. The standard InChI is InChI=1S/C18H11F3N6O4/c19-18(20,21)17-23-12-3-1-2-4-13(12)26(17)8-14(28)24-25-15-10-7-9(27(30)31)5-6-11(10)22-16(15)29/h1-7,22,29H,8H2. The van der Waals surface area contributed by atoms with Crippen molar-refractivity contribution in [1.29, 1.82) is 0 Å². The molecule has 13 heteroatoms. The van der Waals surface area contributed by atoms with Gasteiger partial charge in [-0.15, -0.1) is 10.2 Å². The van der Waals surface area contributed by atoms with Gasteiger partial charge in [0.2, 0.25) is 11.7 Å². The van der Waals surface area contributed by atoms with Crippen molar-refractivity contribution in [2.45, 2.75) is 12.7 Å². The van der Waals surface area contributed by atoms with E-state index >= 15 is 0 Å². The van der Waals surface area contributed by atoms with Crippen LogP contribution in [0.5, 0.6) is 5.88 Å². The molecule has 2 heterocycles. The molecule has 1 amide bonds. The number of fused-ring (bicyclic) bond motifs is 2. The number of hydrogen-bond acceptors (Lipinski definition) is 6. The van der Waals surface area contributed by atoms with Crippen LogP contribution >= 0.6 is 0 Å². The zero-order valence-electron chi connectivity index (χ0n) is 15.3. The Hall–Kier alpha value is -4.29. The maximum Gasteiger partial charge on any atom is 0.449 e. The number of benzene rings is 2. The second-order valence-corrected chi connectivity index (χ2v) is 6.41. The maximum absolute atomic E-state index is 13.3. The lowest BCUT2D eigenvalue weighted by molar-refractivity contribution is -0.384. The summed E-state index contributed by atoms with van der Waals surface area (Å²) in [7, 11) is 0. The van der Waals surface area contributed by atoms with Crippen LogP contribution in [-0.2, 0) is 17.5 Å². The average Bonchev–Trinajstić information content (AvgIpc) is 3.23. The predicted molar refractivity (Wildman–Crippen MR) is 101 cm³/mol. The van der Waals surface area contributed by atoms with Crippen LogP contribution in [0.1, 0.15) is 5.82 Å². The van der Waals surface area contributed by atoms with Crippen LogP contribution < -0.4 is 0 Å². The summed E-state index contributed by atoms with van der Waals surface area (Å²) in [5.41, 5.74) is -0.0953. The number of halogens is 3. The Kier molecular flexibility index (Phi) is 4.64. The van der Waals surface area contributed by atoms with Crippen LogP contribution in [0.2, 0.25) is 0 Å². The lowest BCUT2D eigenvalue weighted by Crippen LogP contribution is -2.18. The molecule has 0 saturated heterocycles. The number of nitrogens with one attached hydrogen (secondary N) is 1. The molecule has 0 aliphatic rings. The Labute approximate surface area is 169 Å². The zero-order chi connectivity index (χ0) is 22.3. The van der Waals surface area contributed by atoms with Gasteiger partial charge in [0.1, 0.15) is 6.54 Å². The second kappa shape index (κ2) is 7.19. The Balaban J connectivity index is 1.68. The number of azo groups is 1. The van der Waals surface area contributed by atoms with Gasteiger partial charge >= 0.3 is 6.18 Å². The van der Waals surface area contributed by atoms with Crippen molar-refractivity contribution < 1.29 is 28.0 Å². The van der Waals surface area contributed by atoms with Gasteiger partial charge in [-0.3, -0.25) is 14.9 Å². The summed E-state index contributed by atoms with van der Waals surface area (Å²) in [5.74, 6) is -2.81. The molecule has 0 unspecified atom stereocenters. The molecule has 31 heavy (non-hydrogen) atoms. The lowest BCUT2D eigenvalue weighted by Gasteiger charge is -2.09. The van der Waals surface area contributed by atoms with E-state index in [4.69, 9.17) is 0 Å². The maximum atomic E-state index is 13.3. The Morgan fingerprint density at radius 2 is 2.00 bits per heavy atom. The van der Waals surface area contributed by atoms with Crippen molar-refractivity contribution in [2.75, 3.05) is 0 Å². The number of nitro groups is 1. The van der Waals surface area contributed by atoms with Crippen molar-refractivity contribution >= 4 is 39.2 Å². The molecule has 0 radical (unpaired) electrons. The first-order valence-electron chi connectivity index (χ1n) is 8.61. The number of para-hydroxylation sites is 2. The molecular weight excluding hydrogens is 421 g/mol. The first-order chi connectivity index (χ1) is 14.6. The van der Waals surface area contributed by atoms with Crippen LogP contribution in [0.15, 0.2) is 52.7 Å². The molecule has 4 aromatic rings. The van der Waals surface area contributed by atoms with E-state index < -0.39 is 35.3 Å². The number of aromatic amines is 1. The van der Waals surface area contributed by atoms with Gasteiger partial charge in [-0.2, -0.15) is 13.2 Å². The highest BCUT2D eigenvalue weighted by Gasteiger charge is 2.38. The Morgan fingerprint density at radius 1 is 1.26 bits per heavy atom. The number of alkyl halides is 3. The van der Waals surface area contributed by atoms with Gasteiger partial charge in [-0.1, -0.05) is 12.1 Å². The van der Waals surface area contributed by atoms with Crippen LogP contribution in [0, 0.1) is 10.1 Å². The van der Waals surface area contributed by atoms with Gasteiger partial charge in [0, 0.05) is 17.5 Å². The van der Waals surface area contributed by atoms with E-state index in [1.165, 1.54) is 36.4 Å². The third kappa shape index (κ3) is 3.68. The number of H-pyrrole nitrogens is 1. The van der Waals surface area contributed by atoms with Gasteiger partial charge < -0.3 is 14.7 Å². The van der Waals surface area contributed by atoms with Crippen molar-refractivity contribution in [3.8, 4) is 5.88 Å². The number of imidazole rings is 1. The molecule has 10 nitrogen and oxygen atoms in total. The minimum Gasteiger partial charge on any atom is -0.493 e. The molecule has 2 aromatic carbocycles. The smallest absolute Gasteiger partial charge is 0.449 e. The molecule has 0 atom stereocenters. The molecule has 0 aliphatic heterocycles. The van der Waals surface area contributed by atoms with Crippen LogP contribution in [-0.4, -0.2) is 30.5 Å². The average molecular weight is 432 g/mol. The van der Waals surface area contributed by atoms with E-state index in [1.807, 2.05) is 0 Å². The van der Waals surface area contributed by atoms with E-state index in [1.54, 1.807) is 0 Å². The van der Waals surface area contributed by atoms with Crippen molar-refractivity contribution in [3.05, 3.63) is 58.4 Å². The number of hydrogen-bond donors (Lipinski definition) is 2. The van der Waals surface area contributed by atoms with E-state index in [-0.39, 0.29) is 27.8 Å². The van der Waals surface area contributed by atoms with E-state index in [0.29, 0.717) is 10.1 Å². The molecule has 0 spiro atoms. The summed E-state index contributed by atoms with van der Waals surface area (Å²) in [5, 5.41) is 28.0.